The van der Waals surface area contributed by atoms with Gasteiger partial charge >= 0.3 is 0 Å². The van der Waals surface area contributed by atoms with Crippen molar-refractivity contribution in [3.05, 3.63) is 72.7 Å². The van der Waals surface area contributed by atoms with Gasteiger partial charge < -0.3 is 4.74 Å². The van der Waals surface area contributed by atoms with Gasteiger partial charge in [-0.1, -0.05) is 44.2 Å². The second-order valence-electron chi connectivity index (χ2n) is 6.13. The Morgan fingerprint density at radius 2 is 1.68 bits per heavy atom. The van der Waals surface area contributed by atoms with Crippen LogP contribution in [0.3, 0.4) is 0 Å². The molecule has 2 heterocycles. The fourth-order valence-corrected chi connectivity index (χ4v) is 2.69. The van der Waals surface area contributed by atoms with E-state index < -0.39 is 0 Å². The Bertz CT molecular complexity index is 991. The van der Waals surface area contributed by atoms with Crippen LogP contribution in [0.25, 0.3) is 16.7 Å². The fraction of sp³-hybridized carbons (Fsp3) is 0.150. The predicted octanol–water partition coefficient (Wildman–Crippen LogP) is 4.73. The molecular formula is C20H18N4O. The predicted molar refractivity (Wildman–Crippen MR) is 97.3 cm³/mol. The average Bonchev–Trinajstić information content (AvgIpc) is 3.08. The first-order chi connectivity index (χ1) is 12.2. The largest absolute Gasteiger partial charge is 0.438 e. The summed E-state index contributed by atoms with van der Waals surface area (Å²) in [5.41, 5.74) is 2.94. The summed E-state index contributed by atoms with van der Waals surface area (Å²) in [5.74, 6) is 1.74. The zero-order chi connectivity index (χ0) is 17.2. The second kappa shape index (κ2) is 6.36. The van der Waals surface area contributed by atoms with Gasteiger partial charge in [-0.15, -0.1) is 0 Å². The van der Waals surface area contributed by atoms with Gasteiger partial charge in [-0.25, -0.2) is 14.6 Å². The number of fused-ring (bicyclic) bond motifs is 1. The number of rotatable bonds is 4. The van der Waals surface area contributed by atoms with Gasteiger partial charge in [-0.3, -0.25) is 0 Å². The van der Waals surface area contributed by atoms with E-state index in [0.29, 0.717) is 11.8 Å². The van der Waals surface area contributed by atoms with Gasteiger partial charge in [0.25, 0.3) is 0 Å². The lowest BCUT2D eigenvalue weighted by Crippen LogP contribution is -1.98. The van der Waals surface area contributed by atoms with Crippen molar-refractivity contribution in [1.82, 2.24) is 19.7 Å². The molecule has 2 aromatic carbocycles. The van der Waals surface area contributed by atoms with Crippen LogP contribution in [0.5, 0.6) is 11.6 Å². The molecule has 0 amide bonds. The smallest absolute Gasteiger partial charge is 0.233 e. The van der Waals surface area contributed by atoms with Crippen LogP contribution in [-0.4, -0.2) is 19.7 Å². The second-order valence-corrected chi connectivity index (χ2v) is 6.13. The lowest BCUT2D eigenvalue weighted by molar-refractivity contribution is 0.468. The minimum atomic E-state index is 0.490. The van der Waals surface area contributed by atoms with Crippen LogP contribution in [0.4, 0.5) is 0 Å². The quantitative estimate of drug-likeness (QED) is 0.543. The molecule has 0 radical (unpaired) electrons. The molecular weight excluding hydrogens is 312 g/mol. The fourth-order valence-electron chi connectivity index (χ4n) is 2.69. The molecule has 0 aliphatic heterocycles. The summed E-state index contributed by atoms with van der Waals surface area (Å²) in [6, 6.07) is 18.0. The van der Waals surface area contributed by atoms with Crippen molar-refractivity contribution in [2.24, 2.45) is 0 Å². The van der Waals surface area contributed by atoms with E-state index in [1.165, 1.54) is 11.9 Å². The third kappa shape index (κ3) is 2.96. The topological polar surface area (TPSA) is 52.8 Å². The highest BCUT2D eigenvalue weighted by atomic mass is 16.5. The molecule has 0 aliphatic carbocycles. The summed E-state index contributed by atoms with van der Waals surface area (Å²) < 4.78 is 7.75. The molecule has 0 unspecified atom stereocenters. The number of para-hydroxylation sites is 1. The molecule has 4 aromatic rings. The Morgan fingerprint density at radius 3 is 2.40 bits per heavy atom. The SMILES string of the molecule is CC(C)c1ccc(Oc2ncnc3c2cnn3-c2ccccc2)cc1. The molecule has 5 nitrogen and oxygen atoms in total. The van der Waals surface area contributed by atoms with Gasteiger partial charge in [-0.05, 0) is 35.7 Å². The number of benzene rings is 2. The first-order valence-electron chi connectivity index (χ1n) is 8.24. The van der Waals surface area contributed by atoms with E-state index in [0.717, 1.165) is 22.5 Å². The highest BCUT2D eigenvalue weighted by Crippen LogP contribution is 2.28. The highest BCUT2D eigenvalue weighted by molar-refractivity contribution is 5.81. The molecule has 5 heteroatoms. The summed E-state index contributed by atoms with van der Waals surface area (Å²) in [6.07, 6.45) is 3.24. The Hall–Kier alpha value is -3.21. The highest BCUT2D eigenvalue weighted by Gasteiger charge is 2.12. The van der Waals surface area contributed by atoms with Crippen LogP contribution in [0.1, 0.15) is 25.3 Å². The van der Waals surface area contributed by atoms with Gasteiger partial charge in [0.05, 0.1) is 11.9 Å². The first kappa shape index (κ1) is 15.3. The molecule has 4 rings (SSSR count). The number of ether oxygens (including phenoxy) is 1. The van der Waals surface area contributed by atoms with Gasteiger partial charge in [0, 0.05) is 0 Å². The summed E-state index contributed by atoms with van der Waals surface area (Å²) in [6.45, 7) is 4.34. The molecule has 0 spiro atoms. The van der Waals surface area contributed by atoms with Gasteiger partial charge in [0.1, 0.15) is 17.5 Å². The van der Waals surface area contributed by atoms with Crippen LogP contribution in [-0.2, 0) is 0 Å². The van der Waals surface area contributed by atoms with Gasteiger partial charge in [0.15, 0.2) is 5.65 Å². The van der Waals surface area contributed by atoms with E-state index in [2.05, 4.69) is 41.0 Å². The summed E-state index contributed by atoms with van der Waals surface area (Å²) in [7, 11) is 0. The zero-order valence-corrected chi connectivity index (χ0v) is 14.1. The summed E-state index contributed by atoms with van der Waals surface area (Å²) in [4.78, 5) is 8.65. The molecule has 2 aromatic heterocycles. The normalized spacial score (nSPS) is 11.2. The van der Waals surface area contributed by atoms with Crippen LogP contribution in [0.15, 0.2) is 67.1 Å². The average molecular weight is 330 g/mol. The van der Waals surface area contributed by atoms with Crippen molar-refractivity contribution in [2.45, 2.75) is 19.8 Å². The van der Waals surface area contributed by atoms with Crippen molar-refractivity contribution in [1.29, 1.82) is 0 Å². The van der Waals surface area contributed by atoms with Crippen LogP contribution < -0.4 is 4.74 Å². The van der Waals surface area contributed by atoms with E-state index in [-0.39, 0.29) is 0 Å². The van der Waals surface area contributed by atoms with E-state index in [1.54, 1.807) is 10.9 Å². The van der Waals surface area contributed by atoms with Crippen molar-refractivity contribution in [2.75, 3.05) is 0 Å². The Kier molecular flexibility index (Phi) is 3.90. The monoisotopic (exact) mass is 330 g/mol. The van der Waals surface area contributed by atoms with E-state index >= 15 is 0 Å². The minimum absolute atomic E-state index is 0.490. The third-order valence-corrected chi connectivity index (χ3v) is 4.09. The maximum absolute atomic E-state index is 5.97. The molecule has 0 N–H and O–H groups in total. The minimum Gasteiger partial charge on any atom is -0.438 e. The first-order valence-corrected chi connectivity index (χ1v) is 8.24. The number of nitrogens with zero attached hydrogens (tertiary/aromatic N) is 4. The van der Waals surface area contributed by atoms with Gasteiger partial charge in [0.2, 0.25) is 5.88 Å². The van der Waals surface area contributed by atoms with E-state index in [9.17, 15) is 0 Å². The standard InChI is InChI=1S/C20H18N4O/c1-14(2)15-8-10-17(11-9-15)25-20-18-12-23-24(19(18)21-13-22-20)16-6-4-3-5-7-16/h3-14H,1-2H3. The molecule has 25 heavy (non-hydrogen) atoms. The Labute approximate surface area is 145 Å². The van der Waals surface area contributed by atoms with Gasteiger partial charge in [-0.2, -0.15) is 5.10 Å². The zero-order valence-electron chi connectivity index (χ0n) is 14.1. The molecule has 0 atom stereocenters. The Balaban J connectivity index is 1.70. The van der Waals surface area contributed by atoms with Crippen LogP contribution in [0, 0.1) is 0 Å². The third-order valence-electron chi connectivity index (χ3n) is 4.09. The van der Waals surface area contributed by atoms with E-state index in [1.807, 2.05) is 42.5 Å². The lowest BCUT2D eigenvalue weighted by Gasteiger charge is -2.08. The number of aromatic nitrogens is 4. The maximum Gasteiger partial charge on any atom is 0.233 e. The number of hydrogen-bond donors (Lipinski definition) is 0. The van der Waals surface area contributed by atoms with Crippen LogP contribution in [0.2, 0.25) is 0 Å². The van der Waals surface area contributed by atoms with Crippen molar-refractivity contribution in [3.63, 3.8) is 0 Å². The molecule has 0 aliphatic rings. The van der Waals surface area contributed by atoms with Crippen molar-refractivity contribution < 1.29 is 4.74 Å². The molecule has 124 valence electrons. The Morgan fingerprint density at radius 1 is 0.920 bits per heavy atom. The molecule has 0 bridgehead atoms. The summed E-state index contributed by atoms with van der Waals surface area (Å²) >= 11 is 0. The number of hydrogen-bond acceptors (Lipinski definition) is 4. The van der Waals surface area contributed by atoms with Crippen LogP contribution >= 0.6 is 0 Å². The van der Waals surface area contributed by atoms with E-state index in [4.69, 9.17) is 4.74 Å². The molecule has 0 saturated carbocycles. The van der Waals surface area contributed by atoms with Crippen molar-refractivity contribution >= 4 is 11.0 Å². The molecule has 0 saturated heterocycles. The molecule has 0 fully saturated rings. The maximum atomic E-state index is 5.97. The van der Waals surface area contributed by atoms with Crippen molar-refractivity contribution in [3.8, 4) is 17.3 Å². The summed E-state index contributed by atoms with van der Waals surface area (Å²) in [5, 5.41) is 5.22. The lowest BCUT2D eigenvalue weighted by atomic mass is 10.0.